The Balaban J connectivity index is 1.63. The predicted molar refractivity (Wildman–Crippen MR) is 123 cm³/mol. The van der Waals surface area contributed by atoms with Gasteiger partial charge in [0.25, 0.3) is 5.91 Å². The summed E-state index contributed by atoms with van der Waals surface area (Å²) >= 11 is 1.71. The van der Waals surface area contributed by atoms with Crippen LogP contribution in [0.3, 0.4) is 0 Å². The number of nitrogens with one attached hydrogen (secondary N) is 1. The molecule has 3 N–H and O–H groups in total. The van der Waals surface area contributed by atoms with Gasteiger partial charge in [0.1, 0.15) is 5.69 Å². The number of rotatable bonds is 5. The van der Waals surface area contributed by atoms with E-state index in [9.17, 15) is 4.79 Å². The summed E-state index contributed by atoms with van der Waals surface area (Å²) in [4.78, 5) is 29.6. The molecule has 1 aliphatic rings. The Morgan fingerprint density at radius 1 is 1.26 bits per heavy atom. The van der Waals surface area contributed by atoms with Gasteiger partial charge in [0.15, 0.2) is 17.5 Å². The molecule has 4 aromatic heterocycles. The van der Waals surface area contributed by atoms with Gasteiger partial charge in [-0.1, -0.05) is 6.07 Å². The average Bonchev–Trinajstić information content (AvgIpc) is 3.40. The summed E-state index contributed by atoms with van der Waals surface area (Å²) < 4.78 is 1.82. The number of fused-ring (bicyclic) bond motifs is 2. The topological polar surface area (TPSA) is 101 Å². The van der Waals surface area contributed by atoms with Gasteiger partial charge < -0.3 is 16.0 Å². The van der Waals surface area contributed by atoms with Crippen molar-refractivity contribution in [3.63, 3.8) is 0 Å². The van der Waals surface area contributed by atoms with E-state index in [1.165, 1.54) is 4.88 Å². The third-order valence-electron chi connectivity index (χ3n) is 5.54. The Kier molecular flexibility index (Phi) is 5.03. The number of amides is 1. The smallest absolute Gasteiger partial charge is 0.250 e. The van der Waals surface area contributed by atoms with Crippen molar-refractivity contribution in [2.45, 2.75) is 25.8 Å². The summed E-state index contributed by atoms with van der Waals surface area (Å²) in [5, 5.41) is 5.59. The number of hydrogen-bond acceptors (Lipinski definition) is 7. The number of carbonyl (C=O) groups is 1. The molecule has 1 aliphatic heterocycles. The lowest BCUT2D eigenvalue weighted by atomic mass is 10.2. The second-order valence-corrected chi connectivity index (χ2v) is 8.66. The highest BCUT2D eigenvalue weighted by atomic mass is 32.1. The number of imidazole rings is 1. The summed E-state index contributed by atoms with van der Waals surface area (Å²) in [6.45, 7) is 1.67. The maximum atomic E-state index is 11.8. The number of carbonyl (C=O) groups excluding carboxylic acids is 1. The van der Waals surface area contributed by atoms with Crippen LogP contribution >= 0.6 is 11.3 Å². The molecule has 0 saturated carbocycles. The Morgan fingerprint density at radius 3 is 2.97 bits per heavy atom. The van der Waals surface area contributed by atoms with E-state index in [0.717, 1.165) is 43.0 Å². The number of anilines is 2. The molecule has 0 fully saturated rings. The fraction of sp³-hybridized carbons (Fsp3) is 0.273. The summed E-state index contributed by atoms with van der Waals surface area (Å²) in [6, 6.07) is 7.64. The van der Waals surface area contributed by atoms with Gasteiger partial charge >= 0.3 is 0 Å². The van der Waals surface area contributed by atoms with E-state index in [1.54, 1.807) is 29.7 Å². The fourth-order valence-corrected chi connectivity index (χ4v) is 4.68. The second kappa shape index (κ2) is 7.99. The number of hydrogen-bond donors (Lipinski definition) is 2. The zero-order valence-corrected chi connectivity index (χ0v) is 18.0. The zero-order chi connectivity index (χ0) is 21.4. The maximum absolute atomic E-state index is 11.8. The van der Waals surface area contributed by atoms with Gasteiger partial charge in [-0.2, -0.15) is 0 Å². The van der Waals surface area contributed by atoms with E-state index in [0.29, 0.717) is 29.3 Å². The molecule has 8 nitrogen and oxygen atoms in total. The lowest BCUT2D eigenvalue weighted by Crippen LogP contribution is -2.21. The number of pyridine rings is 1. The van der Waals surface area contributed by atoms with E-state index in [-0.39, 0.29) is 0 Å². The van der Waals surface area contributed by atoms with Gasteiger partial charge in [0, 0.05) is 24.7 Å². The van der Waals surface area contributed by atoms with Gasteiger partial charge in [0.2, 0.25) is 0 Å². The van der Waals surface area contributed by atoms with Crippen LogP contribution in [0.1, 0.15) is 33.8 Å². The highest BCUT2D eigenvalue weighted by Gasteiger charge is 2.23. The molecule has 0 aliphatic carbocycles. The van der Waals surface area contributed by atoms with Crippen LogP contribution in [0, 0.1) is 0 Å². The number of primary amides is 1. The van der Waals surface area contributed by atoms with E-state index < -0.39 is 5.91 Å². The molecule has 0 atom stereocenters. The molecule has 0 bridgehead atoms. The van der Waals surface area contributed by atoms with Gasteiger partial charge in [-0.3, -0.25) is 9.20 Å². The van der Waals surface area contributed by atoms with Crippen LogP contribution in [0.4, 0.5) is 11.5 Å². The van der Waals surface area contributed by atoms with Crippen molar-refractivity contribution >= 4 is 34.3 Å². The number of thiophene rings is 1. The van der Waals surface area contributed by atoms with Crippen LogP contribution in [-0.2, 0) is 13.0 Å². The minimum Gasteiger partial charge on any atom is -0.370 e. The average molecular weight is 434 g/mol. The monoisotopic (exact) mass is 433 g/mol. The van der Waals surface area contributed by atoms with E-state index in [1.807, 2.05) is 16.7 Å². The summed E-state index contributed by atoms with van der Waals surface area (Å²) in [5.74, 6) is 1.44. The maximum Gasteiger partial charge on any atom is 0.250 e. The molecule has 9 heteroatoms. The Bertz CT molecular complexity index is 1250. The lowest BCUT2D eigenvalue weighted by Gasteiger charge is -2.22. The standard InChI is InChI=1S/C22H23N7OS/c1-28-9-3-2-8-16-18(28)20(24-12-14-6-5-11-31-14)27-21(26-16)22-25-13-17-15(19(23)30)7-4-10-29(17)22/h4-7,10-11,13H,2-3,8-9,12H2,1H3,(H2,23,30)(H,24,26,27). The van der Waals surface area contributed by atoms with Crippen molar-refractivity contribution in [3.8, 4) is 11.6 Å². The predicted octanol–water partition coefficient (Wildman–Crippen LogP) is 3.34. The first kappa shape index (κ1) is 19.5. The summed E-state index contributed by atoms with van der Waals surface area (Å²) in [7, 11) is 2.09. The minimum absolute atomic E-state index is 0.423. The van der Waals surface area contributed by atoms with Crippen LogP contribution in [0.15, 0.2) is 42.0 Å². The molecule has 0 spiro atoms. The number of nitrogens with zero attached hydrogens (tertiary/aromatic N) is 5. The lowest BCUT2D eigenvalue weighted by molar-refractivity contribution is 0.100. The van der Waals surface area contributed by atoms with Crippen molar-refractivity contribution in [3.05, 3.63) is 58.2 Å². The first-order chi connectivity index (χ1) is 15.1. The largest absolute Gasteiger partial charge is 0.370 e. The van der Waals surface area contributed by atoms with E-state index in [4.69, 9.17) is 15.7 Å². The van der Waals surface area contributed by atoms with Crippen molar-refractivity contribution in [1.29, 1.82) is 0 Å². The number of aromatic nitrogens is 4. The highest BCUT2D eigenvalue weighted by molar-refractivity contribution is 7.09. The molecule has 0 aromatic carbocycles. The van der Waals surface area contributed by atoms with Gasteiger partial charge in [-0.25, -0.2) is 15.0 Å². The van der Waals surface area contributed by atoms with Crippen molar-refractivity contribution < 1.29 is 4.79 Å². The molecular weight excluding hydrogens is 410 g/mol. The first-order valence-electron chi connectivity index (χ1n) is 10.3. The Morgan fingerprint density at radius 2 is 2.16 bits per heavy atom. The van der Waals surface area contributed by atoms with Gasteiger partial charge in [-0.05, 0) is 42.8 Å². The fourth-order valence-electron chi connectivity index (χ4n) is 4.03. The molecule has 0 saturated heterocycles. The molecule has 5 rings (SSSR count). The number of nitrogens with two attached hydrogens (primary N) is 1. The van der Waals surface area contributed by atoms with E-state index in [2.05, 4.69) is 33.7 Å². The first-order valence-corrected chi connectivity index (χ1v) is 11.1. The quantitative estimate of drug-likeness (QED) is 0.501. The summed E-state index contributed by atoms with van der Waals surface area (Å²) in [6.07, 6.45) is 6.57. The molecule has 4 aromatic rings. The molecule has 5 heterocycles. The normalized spacial score (nSPS) is 13.8. The van der Waals surface area contributed by atoms with Gasteiger partial charge in [-0.15, -0.1) is 11.3 Å². The van der Waals surface area contributed by atoms with Gasteiger partial charge in [0.05, 0.1) is 29.5 Å². The van der Waals surface area contributed by atoms with Crippen LogP contribution in [0.25, 0.3) is 17.2 Å². The molecule has 0 unspecified atom stereocenters. The minimum atomic E-state index is -0.486. The zero-order valence-electron chi connectivity index (χ0n) is 17.2. The molecule has 0 radical (unpaired) electrons. The van der Waals surface area contributed by atoms with Crippen molar-refractivity contribution in [2.24, 2.45) is 5.73 Å². The van der Waals surface area contributed by atoms with Crippen LogP contribution < -0.4 is 16.0 Å². The Labute approximate surface area is 183 Å². The molecule has 158 valence electrons. The van der Waals surface area contributed by atoms with Crippen LogP contribution in [0.5, 0.6) is 0 Å². The summed E-state index contributed by atoms with van der Waals surface area (Å²) in [5.41, 5.74) is 8.67. The van der Waals surface area contributed by atoms with Crippen molar-refractivity contribution in [2.75, 3.05) is 23.8 Å². The molecule has 31 heavy (non-hydrogen) atoms. The highest BCUT2D eigenvalue weighted by Crippen LogP contribution is 2.33. The van der Waals surface area contributed by atoms with Crippen LogP contribution in [-0.4, -0.2) is 38.9 Å². The SMILES string of the molecule is CN1CCCCc2nc(-c3ncc4c(C(N)=O)cccn34)nc(NCc3cccs3)c21. The number of aryl methyl sites for hydroxylation is 1. The third kappa shape index (κ3) is 3.61. The van der Waals surface area contributed by atoms with E-state index >= 15 is 0 Å². The van der Waals surface area contributed by atoms with Crippen molar-refractivity contribution in [1.82, 2.24) is 19.4 Å². The third-order valence-corrected chi connectivity index (χ3v) is 6.42. The molecular formula is C22H23N7OS. The Hall–Kier alpha value is -3.46. The molecule has 1 amide bonds. The second-order valence-electron chi connectivity index (χ2n) is 7.63. The van der Waals surface area contributed by atoms with Crippen LogP contribution in [0.2, 0.25) is 0 Å².